The zero-order chi connectivity index (χ0) is 14.1. The number of ether oxygens (including phenoxy) is 1. The molecule has 3 rings (SSSR count). The SMILES string of the molecule is COc1ccc2oc(C(=O)c3cccnc3)c(C)c2c1. The number of fused-ring (bicyclic) bond motifs is 1. The first-order valence-electron chi connectivity index (χ1n) is 6.22. The Hall–Kier alpha value is -2.62. The summed E-state index contributed by atoms with van der Waals surface area (Å²) in [5.41, 5.74) is 2.00. The van der Waals surface area contributed by atoms with E-state index >= 15 is 0 Å². The zero-order valence-electron chi connectivity index (χ0n) is 11.2. The average molecular weight is 267 g/mol. The summed E-state index contributed by atoms with van der Waals surface area (Å²) in [5.74, 6) is 0.925. The first-order chi connectivity index (χ1) is 9.70. The predicted molar refractivity (Wildman–Crippen MR) is 75.2 cm³/mol. The van der Waals surface area contributed by atoms with E-state index in [1.807, 2.05) is 19.1 Å². The molecule has 0 amide bonds. The first kappa shape index (κ1) is 12.4. The van der Waals surface area contributed by atoms with Crippen molar-refractivity contribution < 1.29 is 13.9 Å². The quantitative estimate of drug-likeness (QED) is 0.683. The van der Waals surface area contributed by atoms with Crippen molar-refractivity contribution in [2.45, 2.75) is 6.92 Å². The molecule has 0 unspecified atom stereocenters. The van der Waals surface area contributed by atoms with Gasteiger partial charge in [-0.2, -0.15) is 0 Å². The van der Waals surface area contributed by atoms with Gasteiger partial charge in [0.05, 0.1) is 7.11 Å². The number of carbonyl (C=O) groups is 1. The van der Waals surface area contributed by atoms with Crippen molar-refractivity contribution in [3.8, 4) is 5.75 Å². The van der Waals surface area contributed by atoms with Gasteiger partial charge in [-0.05, 0) is 37.3 Å². The Bertz CT molecular complexity index is 775. The Morgan fingerprint density at radius 3 is 2.85 bits per heavy atom. The van der Waals surface area contributed by atoms with Gasteiger partial charge in [0.15, 0.2) is 5.76 Å². The lowest BCUT2D eigenvalue weighted by molar-refractivity contribution is 0.101. The van der Waals surface area contributed by atoms with Gasteiger partial charge in [0, 0.05) is 28.9 Å². The molecule has 0 saturated carbocycles. The fourth-order valence-electron chi connectivity index (χ4n) is 2.17. The number of pyridine rings is 1. The lowest BCUT2D eigenvalue weighted by Gasteiger charge is -1.98. The number of carbonyl (C=O) groups excluding carboxylic acids is 1. The normalized spacial score (nSPS) is 10.7. The molecule has 0 saturated heterocycles. The number of ketones is 1. The molecule has 4 heteroatoms. The molecule has 0 aliphatic heterocycles. The Labute approximate surface area is 116 Å². The van der Waals surface area contributed by atoms with Crippen LogP contribution in [0.25, 0.3) is 11.0 Å². The Morgan fingerprint density at radius 2 is 2.15 bits per heavy atom. The van der Waals surface area contributed by atoms with Crippen molar-refractivity contribution in [3.63, 3.8) is 0 Å². The van der Waals surface area contributed by atoms with Crippen molar-refractivity contribution >= 4 is 16.8 Å². The number of hydrogen-bond donors (Lipinski definition) is 0. The molecule has 0 atom stereocenters. The van der Waals surface area contributed by atoms with Crippen LogP contribution in [0.2, 0.25) is 0 Å². The molecule has 0 N–H and O–H groups in total. The van der Waals surface area contributed by atoms with E-state index in [0.29, 0.717) is 16.9 Å². The molecule has 0 radical (unpaired) electrons. The van der Waals surface area contributed by atoms with Crippen molar-refractivity contribution in [1.82, 2.24) is 4.98 Å². The van der Waals surface area contributed by atoms with E-state index in [4.69, 9.17) is 9.15 Å². The number of benzene rings is 1. The summed E-state index contributed by atoms with van der Waals surface area (Å²) in [4.78, 5) is 16.4. The summed E-state index contributed by atoms with van der Waals surface area (Å²) in [6.45, 7) is 1.87. The van der Waals surface area contributed by atoms with E-state index < -0.39 is 0 Å². The maximum atomic E-state index is 12.4. The van der Waals surface area contributed by atoms with Crippen LogP contribution in [-0.4, -0.2) is 17.9 Å². The largest absolute Gasteiger partial charge is 0.497 e. The first-order valence-corrected chi connectivity index (χ1v) is 6.22. The molecule has 0 aliphatic carbocycles. The number of aryl methyl sites for hydroxylation is 1. The fraction of sp³-hybridized carbons (Fsp3) is 0.125. The van der Waals surface area contributed by atoms with Crippen LogP contribution in [-0.2, 0) is 0 Å². The zero-order valence-corrected chi connectivity index (χ0v) is 11.2. The van der Waals surface area contributed by atoms with Crippen molar-refractivity contribution in [2.75, 3.05) is 7.11 Å². The van der Waals surface area contributed by atoms with E-state index in [9.17, 15) is 4.79 Å². The number of hydrogen-bond acceptors (Lipinski definition) is 4. The number of aromatic nitrogens is 1. The molecule has 2 aromatic heterocycles. The second-order valence-electron chi connectivity index (χ2n) is 4.49. The highest BCUT2D eigenvalue weighted by atomic mass is 16.5. The van der Waals surface area contributed by atoms with Crippen LogP contribution in [0.5, 0.6) is 5.75 Å². The maximum Gasteiger partial charge on any atom is 0.230 e. The minimum Gasteiger partial charge on any atom is -0.497 e. The van der Waals surface area contributed by atoms with Gasteiger partial charge in [-0.25, -0.2) is 0 Å². The Morgan fingerprint density at radius 1 is 1.30 bits per heavy atom. The molecular formula is C16H13NO3. The van der Waals surface area contributed by atoms with Crippen LogP contribution in [0.1, 0.15) is 21.7 Å². The van der Waals surface area contributed by atoms with Crippen molar-refractivity contribution in [1.29, 1.82) is 0 Å². The van der Waals surface area contributed by atoms with Crippen LogP contribution in [0, 0.1) is 6.92 Å². The molecule has 20 heavy (non-hydrogen) atoms. The summed E-state index contributed by atoms with van der Waals surface area (Å²) in [6.07, 6.45) is 3.17. The summed E-state index contributed by atoms with van der Waals surface area (Å²) < 4.78 is 10.9. The third-order valence-corrected chi connectivity index (χ3v) is 3.27. The standard InChI is InChI=1S/C16H13NO3/c1-10-13-8-12(19-2)5-6-14(13)20-16(10)15(18)11-4-3-7-17-9-11/h3-9H,1-2H3. The van der Waals surface area contributed by atoms with Gasteiger partial charge in [-0.1, -0.05) is 0 Å². The molecule has 0 spiro atoms. The van der Waals surface area contributed by atoms with Crippen LogP contribution >= 0.6 is 0 Å². The highest BCUT2D eigenvalue weighted by Crippen LogP contribution is 2.29. The number of nitrogens with zero attached hydrogens (tertiary/aromatic N) is 1. The molecule has 100 valence electrons. The minimum absolute atomic E-state index is 0.161. The fourth-order valence-corrected chi connectivity index (χ4v) is 2.17. The lowest BCUT2D eigenvalue weighted by Crippen LogP contribution is -2.01. The van der Waals surface area contributed by atoms with Gasteiger partial charge >= 0.3 is 0 Å². The van der Waals surface area contributed by atoms with Gasteiger partial charge in [0.2, 0.25) is 5.78 Å². The summed E-state index contributed by atoms with van der Waals surface area (Å²) >= 11 is 0. The molecule has 4 nitrogen and oxygen atoms in total. The van der Waals surface area contributed by atoms with Gasteiger partial charge in [-0.15, -0.1) is 0 Å². The highest BCUT2D eigenvalue weighted by molar-refractivity contribution is 6.10. The molecular weight excluding hydrogens is 254 g/mol. The summed E-state index contributed by atoms with van der Waals surface area (Å²) in [7, 11) is 1.61. The summed E-state index contributed by atoms with van der Waals surface area (Å²) in [6, 6.07) is 8.94. The topological polar surface area (TPSA) is 52.3 Å². The number of methoxy groups -OCH3 is 1. The highest BCUT2D eigenvalue weighted by Gasteiger charge is 2.19. The Balaban J connectivity index is 2.13. The average Bonchev–Trinajstić information content (AvgIpc) is 2.84. The molecule has 1 aromatic carbocycles. The van der Waals surface area contributed by atoms with Gasteiger partial charge in [0.1, 0.15) is 11.3 Å². The van der Waals surface area contributed by atoms with E-state index in [-0.39, 0.29) is 5.78 Å². The monoisotopic (exact) mass is 267 g/mol. The van der Waals surface area contributed by atoms with E-state index in [2.05, 4.69) is 4.98 Å². The minimum atomic E-state index is -0.161. The van der Waals surface area contributed by atoms with E-state index in [1.54, 1.807) is 31.5 Å². The second-order valence-corrected chi connectivity index (χ2v) is 4.49. The van der Waals surface area contributed by atoms with E-state index in [0.717, 1.165) is 16.7 Å². The van der Waals surface area contributed by atoms with Gasteiger partial charge in [0.25, 0.3) is 0 Å². The van der Waals surface area contributed by atoms with Crippen LogP contribution in [0.4, 0.5) is 0 Å². The maximum absolute atomic E-state index is 12.4. The second kappa shape index (κ2) is 4.81. The van der Waals surface area contributed by atoms with Gasteiger partial charge in [-0.3, -0.25) is 9.78 Å². The summed E-state index contributed by atoms with van der Waals surface area (Å²) in [5, 5.41) is 0.886. The molecule has 0 bridgehead atoms. The van der Waals surface area contributed by atoms with Crippen molar-refractivity contribution in [3.05, 3.63) is 59.6 Å². The van der Waals surface area contributed by atoms with Crippen LogP contribution < -0.4 is 4.74 Å². The third kappa shape index (κ3) is 1.95. The van der Waals surface area contributed by atoms with Crippen molar-refractivity contribution in [2.24, 2.45) is 0 Å². The number of rotatable bonds is 3. The smallest absolute Gasteiger partial charge is 0.230 e. The lowest BCUT2D eigenvalue weighted by atomic mass is 10.1. The molecule has 2 heterocycles. The predicted octanol–water partition coefficient (Wildman–Crippen LogP) is 3.38. The molecule has 0 fully saturated rings. The number of furan rings is 1. The van der Waals surface area contributed by atoms with Crippen LogP contribution in [0.3, 0.4) is 0 Å². The van der Waals surface area contributed by atoms with Gasteiger partial charge < -0.3 is 9.15 Å². The van der Waals surface area contributed by atoms with Crippen LogP contribution in [0.15, 0.2) is 47.1 Å². The molecule has 0 aliphatic rings. The van der Waals surface area contributed by atoms with E-state index in [1.165, 1.54) is 6.20 Å². The Kier molecular flexibility index (Phi) is 2.99. The molecule has 3 aromatic rings. The third-order valence-electron chi connectivity index (χ3n) is 3.27.